The number of carboxylic acid groups (broad SMARTS) is 1. The molecular weight excluding hydrogens is 1050 g/mol. The summed E-state index contributed by atoms with van der Waals surface area (Å²) in [6.07, 6.45) is -5.64. The molecule has 5 heterocycles. The zero-order valence-corrected chi connectivity index (χ0v) is 50.6. The van der Waals surface area contributed by atoms with E-state index in [9.17, 15) is 34.2 Å². The van der Waals surface area contributed by atoms with Gasteiger partial charge in [0, 0.05) is 70.8 Å². The first-order valence-electron chi connectivity index (χ1n) is 28.7. The van der Waals surface area contributed by atoms with Gasteiger partial charge in [0.2, 0.25) is 5.43 Å². The summed E-state index contributed by atoms with van der Waals surface area (Å²) in [6, 6.07) is 4.79. The summed E-state index contributed by atoms with van der Waals surface area (Å²) in [5.41, 5.74) is -3.33. The predicted molar refractivity (Wildman–Crippen MR) is 297 cm³/mol. The molecule has 2 N–H and O–H groups in total. The van der Waals surface area contributed by atoms with Crippen molar-refractivity contribution in [1.82, 2.24) is 14.4 Å². The van der Waals surface area contributed by atoms with Gasteiger partial charge in [-0.15, -0.1) is 0 Å². The second kappa shape index (κ2) is 28.0. The summed E-state index contributed by atoms with van der Waals surface area (Å²) in [6.45, 7) is 21.8. The third-order valence-corrected chi connectivity index (χ3v) is 17.1. The summed E-state index contributed by atoms with van der Waals surface area (Å²) in [4.78, 5) is 69.7. The molecule has 4 aliphatic rings. The van der Waals surface area contributed by atoms with Crippen molar-refractivity contribution >= 4 is 35.0 Å². The Kier molecular flexibility index (Phi) is 22.8. The molecule has 1 aromatic heterocycles. The van der Waals surface area contributed by atoms with Crippen LogP contribution in [0.5, 0.6) is 0 Å². The Hall–Kier alpha value is -4.33. The average Bonchev–Trinajstić information content (AvgIpc) is 3.93. The maximum absolute atomic E-state index is 14.9. The summed E-state index contributed by atoms with van der Waals surface area (Å²) >= 11 is 0. The van der Waals surface area contributed by atoms with Gasteiger partial charge in [-0.1, -0.05) is 26.8 Å². The monoisotopic (exact) mass is 1150 g/mol. The Morgan fingerprint density at radius 3 is 2.26 bits per heavy atom. The number of aliphatic hydroxyl groups is 1. The first kappa shape index (κ1) is 65.8. The van der Waals surface area contributed by atoms with Crippen LogP contribution in [0.3, 0.4) is 0 Å². The number of nitrogens with zero attached hydrogens (tertiary/aromatic N) is 3. The van der Waals surface area contributed by atoms with Crippen LogP contribution in [0.1, 0.15) is 124 Å². The lowest BCUT2D eigenvalue weighted by Gasteiger charge is -2.49. The number of cyclic esters (lactones) is 1. The second-order valence-corrected chi connectivity index (χ2v) is 23.9. The number of hydrogen-bond donors (Lipinski definition) is 2. The molecule has 0 radical (unpaired) electrons. The highest BCUT2D eigenvalue weighted by atomic mass is 16.8. The predicted octanol–water partition coefficient (Wildman–Crippen LogP) is 5.99. The molecule has 0 bridgehead atoms. The quantitative estimate of drug-likeness (QED) is 0.0878. The van der Waals surface area contributed by atoms with Crippen LogP contribution in [0, 0.1) is 17.8 Å². The first-order chi connectivity index (χ1) is 38.1. The molecule has 4 fully saturated rings. The van der Waals surface area contributed by atoms with E-state index in [4.69, 9.17) is 56.8 Å². The summed E-state index contributed by atoms with van der Waals surface area (Å²) in [5, 5.41) is 23.1. The van der Waals surface area contributed by atoms with Crippen molar-refractivity contribution in [3.8, 4) is 0 Å². The fourth-order valence-corrected chi connectivity index (χ4v) is 12.8. The van der Waals surface area contributed by atoms with Crippen molar-refractivity contribution in [2.24, 2.45) is 17.8 Å². The Bertz CT molecular complexity index is 2510. The van der Waals surface area contributed by atoms with Crippen LogP contribution in [-0.4, -0.2) is 207 Å². The smallest absolute Gasteiger partial charge is 0.477 e. The first-order valence-corrected chi connectivity index (χ1v) is 28.7. The van der Waals surface area contributed by atoms with Gasteiger partial charge in [0.05, 0.1) is 72.9 Å². The molecule has 22 heteroatoms. The van der Waals surface area contributed by atoms with Crippen molar-refractivity contribution in [2.75, 3.05) is 68.3 Å². The van der Waals surface area contributed by atoms with E-state index < -0.39 is 119 Å². The van der Waals surface area contributed by atoms with Gasteiger partial charge in [-0.2, -0.15) is 0 Å². The summed E-state index contributed by atoms with van der Waals surface area (Å²) in [5.74, 6) is -4.54. The number of carbonyl (C=O) groups excluding carboxylic acids is 3. The number of methoxy groups -OCH3 is 2. The van der Waals surface area contributed by atoms with Crippen LogP contribution in [0.2, 0.25) is 0 Å². The number of rotatable bonds is 20. The Morgan fingerprint density at radius 1 is 0.901 bits per heavy atom. The zero-order valence-electron chi connectivity index (χ0n) is 50.6. The minimum atomic E-state index is -1.64. The van der Waals surface area contributed by atoms with E-state index in [0.717, 1.165) is 5.56 Å². The molecule has 2 aromatic rings. The number of aromatic nitrogens is 1. The van der Waals surface area contributed by atoms with Gasteiger partial charge < -0.3 is 76.5 Å². The maximum atomic E-state index is 14.9. The molecule has 4 saturated heterocycles. The van der Waals surface area contributed by atoms with E-state index in [1.807, 2.05) is 91.5 Å². The van der Waals surface area contributed by atoms with Gasteiger partial charge in [0.15, 0.2) is 30.4 Å². The Labute approximate surface area is 477 Å². The molecular formula is C59H93N3O19. The van der Waals surface area contributed by atoms with Crippen LogP contribution in [0.4, 0.5) is 4.79 Å². The van der Waals surface area contributed by atoms with Crippen molar-refractivity contribution in [1.29, 1.82) is 0 Å². The number of fused-ring (bicyclic) bond motifs is 2. The molecule has 6 rings (SSSR count). The van der Waals surface area contributed by atoms with Crippen molar-refractivity contribution in [3.05, 3.63) is 45.7 Å². The van der Waals surface area contributed by atoms with Crippen molar-refractivity contribution < 1.29 is 86.2 Å². The van der Waals surface area contributed by atoms with Crippen LogP contribution >= 0.6 is 0 Å². The van der Waals surface area contributed by atoms with Crippen LogP contribution in [0.15, 0.2) is 29.2 Å². The van der Waals surface area contributed by atoms with Gasteiger partial charge in [0.1, 0.15) is 17.8 Å². The number of aromatic carboxylic acids is 1. The lowest BCUT2D eigenvalue weighted by Crippen LogP contribution is -2.61. The summed E-state index contributed by atoms with van der Waals surface area (Å²) in [7, 11) is 8.85. The van der Waals surface area contributed by atoms with Crippen molar-refractivity contribution in [3.63, 3.8) is 0 Å². The molecule has 81 heavy (non-hydrogen) atoms. The van der Waals surface area contributed by atoms with Gasteiger partial charge >= 0.3 is 24.1 Å². The molecule has 0 amide bonds. The number of carboxylic acids is 1. The highest BCUT2D eigenvalue weighted by Gasteiger charge is 2.58. The van der Waals surface area contributed by atoms with Crippen LogP contribution in [0.25, 0.3) is 10.9 Å². The van der Waals surface area contributed by atoms with Gasteiger partial charge in [-0.05, 0) is 125 Å². The van der Waals surface area contributed by atoms with Gasteiger partial charge in [0.25, 0.3) is 0 Å². The lowest BCUT2D eigenvalue weighted by molar-refractivity contribution is -0.321. The number of carbonyl (C=O) groups is 4. The molecule has 18 atom stereocenters. The average molecular weight is 1150 g/mol. The second-order valence-electron chi connectivity index (χ2n) is 23.9. The third-order valence-electron chi connectivity index (χ3n) is 17.1. The lowest BCUT2D eigenvalue weighted by atomic mass is 9.77. The SMILES string of the molecule is CC[C@H]1OC(=O)[C@H](C)[C@@H](O[C@H]2C[C@@](C)(OC)[C@@H](OCCOCCCc3ccc4c(c3)c(=O)c(C(=O)O)cn4CCOC)[C@H](C)O2)[C@H](C)[C@@H](O[C@@H]2O[C@H](C)C[C@H](N(C)C)[C@H]2OC(C)=O)[C@](C)(O)C[C@@H](C)CN(C)[C@H](C)C2OC(=O)O[C@@]21C. The zero-order chi connectivity index (χ0) is 59.9. The molecule has 1 unspecified atom stereocenters. The minimum absolute atomic E-state index is 0.150. The molecule has 4 aliphatic heterocycles. The normalized spacial score (nSPS) is 36.5. The number of benzene rings is 1. The molecule has 458 valence electrons. The molecule has 1 aromatic carbocycles. The molecule has 0 saturated carbocycles. The highest BCUT2D eigenvalue weighted by Crippen LogP contribution is 2.43. The molecule has 22 nitrogen and oxygen atoms in total. The van der Waals surface area contributed by atoms with E-state index in [0.29, 0.717) is 56.5 Å². The van der Waals surface area contributed by atoms with Crippen molar-refractivity contribution in [2.45, 2.75) is 212 Å². The third kappa shape index (κ3) is 15.5. The number of ether oxygens (including phenoxy) is 12. The van der Waals surface area contributed by atoms with E-state index in [1.165, 1.54) is 13.1 Å². The van der Waals surface area contributed by atoms with Crippen LogP contribution in [-0.2, 0) is 79.4 Å². The minimum Gasteiger partial charge on any atom is -0.477 e. The maximum Gasteiger partial charge on any atom is 0.509 e. The van der Waals surface area contributed by atoms with E-state index in [2.05, 4.69) is 0 Å². The fourth-order valence-electron chi connectivity index (χ4n) is 12.8. The van der Waals surface area contributed by atoms with Gasteiger partial charge in [-0.25, -0.2) is 9.59 Å². The fraction of sp³-hybridized carbons (Fsp3) is 0.780. The molecule has 0 spiro atoms. The Balaban J connectivity index is 1.22. The standard InChI is InChI=1S/C59H93N3O19/c1-17-45-59(11)51(80-56(68)81-59)37(6)61(14)31-33(2)29-57(9,69)50(79-55-49(76-39(8)63)44(60(12)13)27-34(3)74-55)35(4)48(36(5)54(67)77-45)78-46-30-58(10,71-16)52(38(7)75-46)73-26-25-72-23-18-19-40-20-21-43-41(28-40)47(64)42(53(65)66)32-62(43)22-24-70-15/h20-21,28,32-38,44-46,48-52,55,69H,17-19,22-27,29-31H2,1-16H3,(H,65,66)/t33-,34-,35+,36-,37-,38+,44+,45-,46+,48+,49-,50-,51?,52+,55+,57-,58-,59-/m1/s1. The van der Waals surface area contributed by atoms with Crippen LogP contribution < -0.4 is 5.43 Å². The Morgan fingerprint density at radius 2 is 1.62 bits per heavy atom. The largest absolute Gasteiger partial charge is 0.509 e. The van der Waals surface area contributed by atoms with E-state index >= 15 is 0 Å². The van der Waals surface area contributed by atoms with E-state index in [-0.39, 0.29) is 56.1 Å². The van der Waals surface area contributed by atoms with E-state index in [1.54, 1.807) is 45.6 Å². The number of likely N-dealkylation sites (N-methyl/N-ethyl adjacent to an activating group) is 2. The number of esters is 2. The summed E-state index contributed by atoms with van der Waals surface area (Å²) < 4.78 is 77.0. The number of pyridine rings is 1. The molecule has 0 aliphatic carbocycles. The highest BCUT2D eigenvalue weighted by molar-refractivity contribution is 5.92. The topological polar surface area (TPSA) is 248 Å². The number of aryl methyl sites for hydroxylation is 1. The van der Waals surface area contributed by atoms with Gasteiger partial charge in [-0.3, -0.25) is 19.3 Å². The number of hydrogen-bond acceptors (Lipinski definition) is 20.